The van der Waals surface area contributed by atoms with E-state index in [2.05, 4.69) is 20.6 Å². The summed E-state index contributed by atoms with van der Waals surface area (Å²) in [5.74, 6) is 1.63. The van der Waals surface area contributed by atoms with Crippen molar-refractivity contribution in [3.63, 3.8) is 0 Å². The van der Waals surface area contributed by atoms with Gasteiger partial charge in [-0.3, -0.25) is 4.98 Å². The third-order valence-corrected chi connectivity index (χ3v) is 5.40. The van der Waals surface area contributed by atoms with Crippen molar-refractivity contribution in [1.82, 2.24) is 15.3 Å². The lowest BCUT2D eigenvalue weighted by atomic mass is 9.84. The number of rotatable bonds is 7. The first kappa shape index (κ1) is 21.4. The Bertz CT molecular complexity index is 998. The van der Waals surface area contributed by atoms with Crippen molar-refractivity contribution in [1.29, 1.82) is 5.41 Å². The van der Waals surface area contributed by atoms with Gasteiger partial charge in [-0.25, -0.2) is 4.98 Å². The summed E-state index contributed by atoms with van der Waals surface area (Å²) in [6.45, 7) is 1.75. The Morgan fingerprint density at radius 3 is 2.63 bits per heavy atom. The van der Waals surface area contributed by atoms with Crippen LogP contribution in [0.5, 0.6) is 0 Å². The number of hydrogen-bond donors (Lipinski definition) is 5. The zero-order valence-corrected chi connectivity index (χ0v) is 17.7. The molecule has 0 saturated heterocycles. The van der Waals surface area contributed by atoms with Gasteiger partial charge in [-0.1, -0.05) is 19.3 Å². The van der Waals surface area contributed by atoms with Crippen LogP contribution in [0.3, 0.4) is 0 Å². The van der Waals surface area contributed by atoms with E-state index < -0.39 is 0 Å². The monoisotopic (exact) mass is 405 g/mol. The predicted octanol–water partition coefficient (Wildman–Crippen LogP) is 3.86. The topological polar surface area (TPSA) is 126 Å². The van der Waals surface area contributed by atoms with Gasteiger partial charge in [0, 0.05) is 36.3 Å². The highest BCUT2D eigenvalue weighted by Crippen LogP contribution is 2.30. The summed E-state index contributed by atoms with van der Waals surface area (Å²) < 4.78 is 0. The zero-order valence-electron chi connectivity index (χ0n) is 17.7. The van der Waals surface area contributed by atoms with Crippen LogP contribution in [-0.2, 0) is 0 Å². The maximum absolute atomic E-state index is 7.99. The molecule has 1 saturated carbocycles. The molecule has 7 heteroatoms. The molecule has 3 rings (SSSR count). The zero-order chi connectivity index (χ0) is 21.5. The fourth-order valence-corrected chi connectivity index (χ4v) is 3.88. The summed E-state index contributed by atoms with van der Waals surface area (Å²) in [6, 6.07) is 5.69. The van der Waals surface area contributed by atoms with Crippen LogP contribution in [0.4, 0.5) is 5.82 Å². The van der Waals surface area contributed by atoms with Crippen LogP contribution in [0, 0.1) is 11.3 Å². The van der Waals surface area contributed by atoms with E-state index >= 15 is 0 Å². The second-order valence-corrected chi connectivity index (χ2v) is 7.66. The van der Waals surface area contributed by atoms with Crippen molar-refractivity contribution in [3.8, 4) is 0 Å². The smallest absolute Gasteiger partial charge is 0.132 e. The first-order chi connectivity index (χ1) is 14.5. The Morgan fingerprint density at radius 2 is 1.97 bits per heavy atom. The number of anilines is 1. The highest BCUT2D eigenvalue weighted by atomic mass is 15.1. The minimum absolute atomic E-state index is 0.454. The highest BCUT2D eigenvalue weighted by molar-refractivity contribution is 6.21. The second-order valence-electron chi connectivity index (χ2n) is 7.66. The normalized spacial score (nSPS) is 16.5. The highest BCUT2D eigenvalue weighted by Gasteiger charge is 2.16. The summed E-state index contributed by atoms with van der Waals surface area (Å²) >= 11 is 0. The molecule has 0 unspecified atom stereocenters. The van der Waals surface area contributed by atoms with Crippen LogP contribution in [0.25, 0.3) is 16.6 Å². The summed E-state index contributed by atoms with van der Waals surface area (Å²) in [4.78, 5) is 9.14. The van der Waals surface area contributed by atoms with Crippen molar-refractivity contribution in [2.24, 2.45) is 17.4 Å². The van der Waals surface area contributed by atoms with E-state index in [9.17, 15) is 0 Å². The number of nitrogens with one attached hydrogen (secondary N) is 3. The van der Waals surface area contributed by atoms with Gasteiger partial charge in [0.15, 0.2) is 0 Å². The summed E-state index contributed by atoms with van der Waals surface area (Å²) in [5, 5.41) is 14.1. The van der Waals surface area contributed by atoms with Crippen LogP contribution >= 0.6 is 0 Å². The molecule has 1 fully saturated rings. The molecular formula is C23H31N7. The van der Waals surface area contributed by atoms with Gasteiger partial charge in [-0.2, -0.15) is 0 Å². The second kappa shape index (κ2) is 9.91. The predicted molar refractivity (Wildman–Crippen MR) is 125 cm³/mol. The van der Waals surface area contributed by atoms with Crippen LogP contribution in [0.2, 0.25) is 0 Å². The first-order valence-electron chi connectivity index (χ1n) is 10.4. The van der Waals surface area contributed by atoms with Gasteiger partial charge in [-0.15, -0.1) is 0 Å². The van der Waals surface area contributed by atoms with E-state index in [4.69, 9.17) is 16.9 Å². The molecule has 2 aromatic heterocycles. The van der Waals surface area contributed by atoms with Crippen LogP contribution in [0.15, 0.2) is 54.3 Å². The number of hydrogen-bond acceptors (Lipinski definition) is 7. The molecule has 158 valence electrons. The summed E-state index contributed by atoms with van der Waals surface area (Å²) in [6.07, 6.45) is 13.2. The Kier molecular flexibility index (Phi) is 7.06. The van der Waals surface area contributed by atoms with Crippen molar-refractivity contribution in [2.75, 3.05) is 12.4 Å². The standard InChI is InChI=1S/C23H31N7/c1-15(25)19(14-27-2)18-10-21-20(28-13-18)8-9-23(29-21)30-22(26)11-17(12-24)16-6-4-3-5-7-16/h8-14,16,25,27H,3-7,24,26H2,1-2H3,(H,29,30)/b17-12+,19-14+,22-11+,25-15?. The number of allylic oxidation sites excluding steroid dienone is 3. The van der Waals surface area contributed by atoms with Gasteiger partial charge in [0.25, 0.3) is 0 Å². The fourth-order valence-electron chi connectivity index (χ4n) is 3.88. The summed E-state index contributed by atoms with van der Waals surface area (Å²) in [5.41, 5.74) is 16.8. The molecule has 2 heterocycles. The van der Waals surface area contributed by atoms with E-state index in [-0.39, 0.29) is 0 Å². The fraction of sp³-hybridized carbons (Fsp3) is 0.348. The lowest BCUT2D eigenvalue weighted by Gasteiger charge is -2.22. The van der Waals surface area contributed by atoms with Crippen LogP contribution in [0.1, 0.15) is 44.6 Å². The molecule has 30 heavy (non-hydrogen) atoms. The van der Waals surface area contributed by atoms with Gasteiger partial charge < -0.3 is 27.5 Å². The maximum Gasteiger partial charge on any atom is 0.132 e. The van der Waals surface area contributed by atoms with Gasteiger partial charge in [0.1, 0.15) is 11.6 Å². The molecular weight excluding hydrogens is 374 g/mol. The Hall–Kier alpha value is -3.35. The van der Waals surface area contributed by atoms with Gasteiger partial charge >= 0.3 is 0 Å². The van der Waals surface area contributed by atoms with Crippen molar-refractivity contribution >= 4 is 28.1 Å². The minimum Gasteiger partial charge on any atom is -0.404 e. The Morgan fingerprint density at radius 1 is 1.20 bits per heavy atom. The van der Waals surface area contributed by atoms with E-state index in [0.717, 1.165) is 40.6 Å². The molecule has 0 amide bonds. The number of nitrogens with zero attached hydrogens (tertiary/aromatic N) is 2. The van der Waals surface area contributed by atoms with Crippen molar-refractivity contribution < 1.29 is 0 Å². The van der Waals surface area contributed by atoms with E-state index in [1.807, 2.05) is 31.3 Å². The van der Waals surface area contributed by atoms with E-state index in [0.29, 0.717) is 23.3 Å². The van der Waals surface area contributed by atoms with Crippen LogP contribution in [-0.4, -0.2) is 22.7 Å². The lowest BCUT2D eigenvalue weighted by molar-refractivity contribution is 0.407. The van der Waals surface area contributed by atoms with E-state index in [1.54, 1.807) is 25.5 Å². The third kappa shape index (κ3) is 5.17. The Balaban J connectivity index is 1.83. The molecule has 0 atom stereocenters. The minimum atomic E-state index is 0.454. The van der Waals surface area contributed by atoms with Gasteiger partial charge in [0.05, 0.1) is 11.0 Å². The SMILES string of the molecule is CN/C=C(\C(C)=N)c1cnc2ccc(N/C(N)=C/C(=C\N)C3CCCCC3)nc2c1. The maximum atomic E-state index is 7.99. The quantitative estimate of drug-likeness (QED) is 0.352. The van der Waals surface area contributed by atoms with Crippen molar-refractivity contribution in [2.45, 2.75) is 39.0 Å². The first-order valence-corrected chi connectivity index (χ1v) is 10.4. The van der Waals surface area contributed by atoms with Crippen LogP contribution < -0.4 is 22.1 Å². The number of fused-ring (bicyclic) bond motifs is 1. The molecule has 7 nitrogen and oxygen atoms in total. The molecule has 1 aliphatic carbocycles. The van der Waals surface area contributed by atoms with E-state index in [1.165, 1.54) is 19.3 Å². The number of pyridine rings is 2. The van der Waals surface area contributed by atoms with Crippen molar-refractivity contribution in [3.05, 3.63) is 59.8 Å². The van der Waals surface area contributed by atoms with Gasteiger partial charge in [0.2, 0.25) is 0 Å². The molecule has 2 aromatic rings. The molecule has 0 radical (unpaired) electrons. The molecule has 1 aliphatic rings. The summed E-state index contributed by atoms with van der Waals surface area (Å²) in [7, 11) is 1.81. The molecule has 7 N–H and O–H groups in total. The third-order valence-electron chi connectivity index (χ3n) is 5.40. The average Bonchev–Trinajstić information content (AvgIpc) is 2.75. The molecule has 0 aromatic carbocycles. The largest absolute Gasteiger partial charge is 0.404 e. The Labute approximate surface area is 177 Å². The molecule has 0 bridgehead atoms. The molecule has 0 aliphatic heterocycles. The molecule has 0 spiro atoms. The van der Waals surface area contributed by atoms with Gasteiger partial charge in [-0.05, 0) is 61.7 Å². The number of nitrogens with two attached hydrogens (primary N) is 2. The number of aromatic nitrogens is 2. The average molecular weight is 406 g/mol. The lowest BCUT2D eigenvalue weighted by Crippen LogP contribution is -2.14.